The highest BCUT2D eigenvalue weighted by Gasteiger charge is 2.26. The van der Waals surface area contributed by atoms with E-state index in [1.54, 1.807) is 19.9 Å². The van der Waals surface area contributed by atoms with Crippen LogP contribution in [0.25, 0.3) is 0 Å². The number of rotatable bonds is 7. The Hall–Kier alpha value is -3.10. The molecule has 1 aromatic heterocycles. The SMILES string of the molecule is CCOc1cc([N+](=O)[O-])c(C(=O)OCc2cc(C)on2)cc1OC. The third-order valence-electron chi connectivity index (χ3n) is 3.03. The van der Waals surface area contributed by atoms with Gasteiger partial charge in [-0.3, -0.25) is 10.1 Å². The fourth-order valence-electron chi connectivity index (χ4n) is 1.99. The Labute approximate surface area is 137 Å². The second-order valence-corrected chi connectivity index (χ2v) is 4.72. The van der Waals surface area contributed by atoms with Crippen LogP contribution < -0.4 is 9.47 Å². The second-order valence-electron chi connectivity index (χ2n) is 4.72. The lowest BCUT2D eigenvalue weighted by Crippen LogP contribution is -2.10. The van der Waals surface area contributed by atoms with Gasteiger partial charge in [0.25, 0.3) is 5.69 Å². The fraction of sp³-hybridized carbons (Fsp3) is 0.333. The van der Waals surface area contributed by atoms with Crippen molar-refractivity contribution in [3.05, 3.63) is 45.3 Å². The highest BCUT2D eigenvalue weighted by molar-refractivity contribution is 5.95. The average Bonchev–Trinajstić information content (AvgIpc) is 2.97. The van der Waals surface area contributed by atoms with Gasteiger partial charge in [-0.25, -0.2) is 4.79 Å². The molecular formula is C15H16N2O7. The molecular weight excluding hydrogens is 320 g/mol. The van der Waals surface area contributed by atoms with E-state index in [1.165, 1.54) is 13.2 Å². The molecule has 2 rings (SSSR count). The van der Waals surface area contributed by atoms with E-state index in [2.05, 4.69) is 5.16 Å². The minimum absolute atomic E-state index is 0.164. The lowest BCUT2D eigenvalue weighted by atomic mass is 10.1. The van der Waals surface area contributed by atoms with Crippen molar-refractivity contribution >= 4 is 11.7 Å². The summed E-state index contributed by atoms with van der Waals surface area (Å²) in [4.78, 5) is 22.8. The number of nitro benzene ring substituents is 1. The molecule has 1 aromatic carbocycles. The van der Waals surface area contributed by atoms with E-state index in [0.717, 1.165) is 6.07 Å². The maximum atomic E-state index is 12.2. The van der Waals surface area contributed by atoms with E-state index in [-0.39, 0.29) is 23.7 Å². The molecule has 0 saturated heterocycles. The quantitative estimate of drug-likeness (QED) is 0.430. The molecule has 9 nitrogen and oxygen atoms in total. The summed E-state index contributed by atoms with van der Waals surface area (Å²) < 4.78 is 20.3. The summed E-state index contributed by atoms with van der Waals surface area (Å²) in [5, 5.41) is 14.9. The van der Waals surface area contributed by atoms with Crippen LogP contribution in [0.3, 0.4) is 0 Å². The molecule has 0 aliphatic rings. The molecule has 0 aliphatic heterocycles. The third kappa shape index (κ3) is 3.80. The van der Waals surface area contributed by atoms with Crippen LogP contribution in [0.4, 0.5) is 5.69 Å². The maximum absolute atomic E-state index is 12.2. The van der Waals surface area contributed by atoms with Crippen molar-refractivity contribution in [2.24, 2.45) is 0 Å². The monoisotopic (exact) mass is 336 g/mol. The van der Waals surface area contributed by atoms with E-state index < -0.39 is 16.6 Å². The van der Waals surface area contributed by atoms with Crippen molar-refractivity contribution in [1.82, 2.24) is 5.16 Å². The third-order valence-corrected chi connectivity index (χ3v) is 3.03. The largest absolute Gasteiger partial charge is 0.493 e. The van der Waals surface area contributed by atoms with Gasteiger partial charge in [-0.15, -0.1) is 0 Å². The number of nitro groups is 1. The molecule has 0 spiro atoms. The Morgan fingerprint density at radius 3 is 2.62 bits per heavy atom. The summed E-state index contributed by atoms with van der Waals surface area (Å²) in [6, 6.07) is 3.96. The van der Waals surface area contributed by atoms with Crippen LogP contribution in [0.5, 0.6) is 11.5 Å². The van der Waals surface area contributed by atoms with E-state index in [4.69, 9.17) is 18.7 Å². The zero-order chi connectivity index (χ0) is 17.7. The highest BCUT2D eigenvalue weighted by Crippen LogP contribution is 2.35. The summed E-state index contributed by atoms with van der Waals surface area (Å²) in [5.74, 6) is 0.0699. The zero-order valence-electron chi connectivity index (χ0n) is 13.4. The van der Waals surface area contributed by atoms with Crippen LogP contribution in [-0.2, 0) is 11.3 Å². The van der Waals surface area contributed by atoms with Gasteiger partial charge >= 0.3 is 5.97 Å². The van der Waals surface area contributed by atoms with Crippen LogP contribution in [0, 0.1) is 17.0 Å². The van der Waals surface area contributed by atoms with Gasteiger partial charge in [0.2, 0.25) is 0 Å². The second kappa shape index (κ2) is 7.44. The normalized spacial score (nSPS) is 10.3. The molecule has 0 aliphatic carbocycles. The Morgan fingerprint density at radius 1 is 1.33 bits per heavy atom. The smallest absolute Gasteiger partial charge is 0.345 e. The molecule has 24 heavy (non-hydrogen) atoms. The van der Waals surface area contributed by atoms with Crippen LogP contribution in [0.2, 0.25) is 0 Å². The number of hydrogen-bond acceptors (Lipinski definition) is 8. The van der Waals surface area contributed by atoms with Gasteiger partial charge in [0.15, 0.2) is 11.5 Å². The van der Waals surface area contributed by atoms with Crippen LogP contribution in [0.15, 0.2) is 22.7 Å². The highest BCUT2D eigenvalue weighted by atomic mass is 16.6. The number of aromatic nitrogens is 1. The molecule has 9 heteroatoms. The zero-order valence-corrected chi connectivity index (χ0v) is 13.4. The first-order chi connectivity index (χ1) is 11.5. The predicted octanol–water partition coefficient (Wildman–Crippen LogP) is 2.66. The topological polar surface area (TPSA) is 114 Å². The van der Waals surface area contributed by atoms with Crippen molar-refractivity contribution in [3.63, 3.8) is 0 Å². The van der Waals surface area contributed by atoms with E-state index in [1.807, 2.05) is 0 Å². The Bertz CT molecular complexity index is 754. The number of carbonyl (C=O) groups is 1. The summed E-state index contributed by atoms with van der Waals surface area (Å²) >= 11 is 0. The van der Waals surface area contributed by atoms with Crippen molar-refractivity contribution in [3.8, 4) is 11.5 Å². The van der Waals surface area contributed by atoms with Crippen molar-refractivity contribution < 1.29 is 28.5 Å². The van der Waals surface area contributed by atoms with Crippen molar-refractivity contribution in [2.45, 2.75) is 20.5 Å². The number of methoxy groups -OCH3 is 1. The van der Waals surface area contributed by atoms with E-state index in [9.17, 15) is 14.9 Å². The molecule has 0 bridgehead atoms. The molecule has 0 fully saturated rings. The van der Waals surface area contributed by atoms with Gasteiger partial charge in [0.05, 0.1) is 24.7 Å². The number of esters is 1. The van der Waals surface area contributed by atoms with Gasteiger partial charge in [-0.05, 0) is 13.8 Å². The lowest BCUT2D eigenvalue weighted by Gasteiger charge is -2.11. The number of nitrogens with zero attached hydrogens (tertiary/aromatic N) is 2. The van der Waals surface area contributed by atoms with Gasteiger partial charge in [-0.1, -0.05) is 5.16 Å². The van der Waals surface area contributed by atoms with Crippen LogP contribution in [0.1, 0.15) is 28.7 Å². The fourth-order valence-corrected chi connectivity index (χ4v) is 1.99. The van der Waals surface area contributed by atoms with Gasteiger partial charge < -0.3 is 18.7 Å². The Balaban J connectivity index is 2.29. The van der Waals surface area contributed by atoms with Crippen molar-refractivity contribution in [2.75, 3.05) is 13.7 Å². The Kier molecular flexibility index (Phi) is 5.35. The number of hydrogen-bond donors (Lipinski definition) is 0. The van der Waals surface area contributed by atoms with Crippen molar-refractivity contribution in [1.29, 1.82) is 0 Å². The van der Waals surface area contributed by atoms with Gasteiger partial charge in [0, 0.05) is 12.1 Å². The van der Waals surface area contributed by atoms with Crippen LogP contribution >= 0.6 is 0 Å². The molecule has 0 saturated carbocycles. The lowest BCUT2D eigenvalue weighted by molar-refractivity contribution is -0.385. The van der Waals surface area contributed by atoms with Gasteiger partial charge in [-0.2, -0.15) is 0 Å². The first-order valence-corrected chi connectivity index (χ1v) is 7.04. The number of aryl methyl sites for hydroxylation is 1. The number of benzene rings is 1. The standard InChI is InChI=1S/C15H16N2O7/c1-4-22-14-7-12(17(19)20)11(6-13(14)21-3)15(18)23-8-10-5-9(2)24-16-10/h5-7H,4,8H2,1-3H3. The molecule has 128 valence electrons. The number of carbonyl (C=O) groups excluding carboxylic acids is 1. The summed E-state index contributed by atoms with van der Waals surface area (Å²) in [7, 11) is 1.37. The van der Waals surface area contributed by atoms with E-state index >= 15 is 0 Å². The summed E-state index contributed by atoms with van der Waals surface area (Å²) in [5.41, 5.74) is -0.262. The Morgan fingerprint density at radius 2 is 2.08 bits per heavy atom. The predicted molar refractivity (Wildman–Crippen MR) is 81.2 cm³/mol. The molecule has 0 amide bonds. The minimum atomic E-state index is -0.872. The first-order valence-electron chi connectivity index (χ1n) is 7.04. The number of ether oxygens (including phenoxy) is 3. The molecule has 0 atom stereocenters. The van der Waals surface area contributed by atoms with E-state index in [0.29, 0.717) is 18.1 Å². The molecule has 0 unspecified atom stereocenters. The molecule has 1 heterocycles. The molecule has 0 N–H and O–H groups in total. The minimum Gasteiger partial charge on any atom is -0.493 e. The average molecular weight is 336 g/mol. The molecule has 2 aromatic rings. The van der Waals surface area contributed by atoms with Gasteiger partial charge in [0.1, 0.15) is 23.6 Å². The maximum Gasteiger partial charge on any atom is 0.345 e. The molecule has 0 radical (unpaired) electrons. The summed E-state index contributed by atoms with van der Waals surface area (Å²) in [6.45, 7) is 3.56. The van der Waals surface area contributed by atoms with Crippen LogP contribution in [-0.4, -0.2) is 29.8 Å². The first kappa shape index (κ1) is 17.3. The summed E-state index contributed by atoms with van der Waals surface area (Å²) in [6.07, 6.45) is 0.